The highest BCUT2D eigenvalue weighted by atomic mass is 32.2. The number of hydrogen-bond acceptors (Lipinski definition) is 4. The smallest absolute Gasteiger partial charge is 0.257 e. The molecule has 35 heavy (non-hydrogen) atoms. The molecule has 5 heteroatoms. The number of phenolic OH excluding ortho intramolecular Hbond substituents is 1. The number of nitrogens with one attached hydrogen (secondary N) is 1. The largest absolute Gasteiger partial charge is 0.508 e. The number of ether oxygens (including phenoxy) is 1. The van der Waals surface area contributed by atoms with Gasteiger partial charge in [-0.15, -0.1) is 0 Å². The Kier molecular flexibility index (Phi) is 20.9. The lowest BCUT2D eigenvalue weighted by Crippen LogP contribution is -2.29. The van der Waals surface area contributed by atoms with E-state index < -0.39 is 0 Å². The zero-order valence-corrected chi connectivity index (χ0v) is 23.5. The van der Waals surface area contributed by atoms with Gasteiger partial charge in [-0.1, -0.05) is 97.3 Å². The number of carbonyl (C=O) groups excluding carboxylic acids is 1. The number of carbonyl (C=O) groups is 1. The average molecular weight is 508 g/mol. The van der Waals surface area contributed by atoms with Crippen LogP contribution < -0.4 is 10.1 Å². The van der Waals surface area contributed by atoms with E-state index >= 15 is 0 Å². The Balaban J connectivity index is 1.83. The van der Waals surface area contributed by atoms with Gasteiger partial charge in [0.15, 0.2) is 6.61 Å². The van der Waals surface area contributed by atoms with E-state index in [0.717, 1.165) is 11.7 Å². The Bertz CT molecular complexity index is 608. The summed E-state index contributed by atoms with van der Waals surface area (Å²) >= 11 is 2.22. The topological polar surface area (TPSA) is 58.6 Å². The summed E-state index contributed by atoms with van der Waals surface area (Å²) < 4.78 is 5.40. The molecule has 1 unspecified atom stereocenters. The molecule has 0 fully saturated rings. The van der Waals surface area contributed by atoms with Gasteiger partial charge >= 0.3 is 0 Å². The van der Waals surface area contributed by atoms with E-state index in [1.165, 1.54) is 108 Å². The monoisotopic (exact) mass is 507 g/mol. The van der Waals surface area contributed by atoms with E-state index in [1.54, 1.807) is 24.3 Å². The minimum Gasteiger partial charge on any atom is -0.508 e. The van der Waals surface area contributed by atoms with Crippen molar-refractivity contribution < 1.29 is 14.6 Å². The van der Waals surface area contributed by atoms with E-state index in [2.05, 4.69) is 30.9 Å². The van der Waals surface area contributed by atoms with Crippen molar-refractivity contribution >= 4 is 17.7 Å². The van der Waals surface area contributed by atoms with Crippen LogP contribution in [-0.4, -0.2) is 35.2 Å². The quantitative estimate of drug-likeness (QED) is 0.137. The number of hydrogen-bond donors (Lipinski definition) is 2. The summed E-state index contributed by atoms with van der Waals surface area (Å²) in [4.78, 5) is 11.8. The van der Waals surface area contributed by atoms with Crippen molar-refractivity contribution in [3.8, 4) is 11.5 Å². The molecule has 0 bridgehead atoms. The predicted molar refractivity (Wildman–Crippen MR) is 153 cm³/mol. The Hall–Kier alpha value is -1.36. The van der Waals surface area contributed by atoms with Gasteiger partial charge in [-0.05, 0) is 55.7 Å². The summed E-state index contributed by atoms with van der Waals surface area (Å²) in [6, 6.07) is 6.40. The van der Waals surface area contributed by atoms with Crippen LogP contribution in [0.4, 0.5) is 0 Å². The van der Waals surface area contributed by atoms with Gasteiger partial charge in [0.05, 0.1) is 0 Å². The van der Waals surface area contributed by atoms with E-state index in [4.69, 9.17) is 4.74 Å². The predicted octanol–water partition coefficient (Wildman–Crippen LogP) is 8.66. The standard InChI is InChI=1S/C30H53NO3S/c1-3-5-6-7-10-13-16-19-29(4-2)35-25-18-15-12-9-8-11-14-17-24-31-30(33)26-34-28-22-20-27(32)21-23-28/h20-23,29,32H,3-19,24-26H2,1-2H3,(H,31,33). The summed E-state index contributed by atoms with van der Waals surface area (Å²) in [6.45, 7) is 5.37. The Morgan fingerprint density at radius 3 is 2.03 bits per heavy atom. The second-order valence-corrected chi connectivity index (χ2v) is 11.2. The maximum absolute atomic E-state index is 11.8. The van der Waals surface area contributed by atoms with Gasteiger partial charge in [-0.2, -0.15) is 11.8 Å². The van der Waals surface area contributed by atoms with Crippen LogP contribution in [0.2, 0.25) is 0 Å². The van der Waals surface area contributed by atoms with E-state index in [1.807, 2.05) is 0 Å². The fourth-order valence-corrected chi connectivity index (χ4v) is 5.52. The maximum Gasteiger partial charge on any atom is 0.257 e. The molecule has 0 aliphatic heterocycles. The van der Waals surface area contributed by atoms with Crippen LogP contribution in [0.3, 0.4) is 0 Å². The van der Waals surface area contributed by atoms with Gasteiger partial charge in [-0.3, -0.25) is 4.79 Å². The van der Waals surface area contributed by atoms with Gasteiger partial charge in [0.2, 0.25) is 0 Å². The second kappa shape index (κ2) is 23.1. The normalized spacial score (nSPS) is 11.9. The molecule has 1 atom stereocenters. The molecule has 1 rings (SSSR count). The first-order valence-electron chi connectivity index (χ1n) is 14.5. The first-order valence-corrected chi connectivity index (χ1v) is 15.5. The molecule has 0 heterocycles. The molecule has 1 aromatic carbocycles. The van der Waals surface area contributed by atoms with Crippen LogP contribution in [0.1, 0.15) is 123 Å². The molecule has 0 radical (unpaired) electrons. The summed E-state index contributed by atoms with van der Waals surface area (Å²) in [5.74, 6) is 2.02. The van der Waals surface area contributed by atoms with Gasteiger partial charge in [0.1, 0.15) is 11.5 Å². The van der Waals surface area contributed by atoms with E-state index in [-0.39, 0.29) is 18.3 Å². The molecular formula is C30H53NO3S. The fourth-order valence-electron chi connectivity index (χ4n) is 4.24. The van der Waals surface area contributed by atoms with Gasteiger partial charge in [-0.25, -0.2) is 0 Å². The zero-order valence-electron chi connectivity index (χ0n) is 22.7. The summed E-state index contributed by atoms with van der Waals surface area (Å²) in [5, 5.41) is 13.0. The number of benzene rings is 1. The highest BCUT2D eigenvalue weighted by Gasteiger charge is 2.06. The molecule has 0 aliphatic rings. The van der Waals surface area contributed by atoms with Crippen LogP contribution >= 0.6 is 11.8 Å². The van der Waals surface area contributed by atoms with Gasteiger partial charge in [0.25, 0.3) is 5.91 Å². The SMILES string of the molecule is CCCCCCCCCC(CC)SCCCCCCCCCCNC(=O)COc1ccc(O)cc1. The average Bonchev–Trinajstić information content (AvgIpc) is 2.87. The summed E-state index contributed by atoms with van der Waals surface area (Å²) in [6.07, 6.45) is 22.9. The van der Waals surface area contributed by atoms with Crippen molar-refractivity contribution in [3.05, 3.63) is 24.3 Å². The highest BCUT2D eigenvalue weighted by Crippen LogP contribution is 2.23. The second-order valence-electron chi connectivity index (χ2n) is 9.77. The molecule has 1 amide bonds. The molecule has 0 spiro atoms. The number of phenols is 1. The van der Waals surface area contributed by atoms with Crippen molar-refractivity contribution in [1.29, 1.82) is 0 Å². The zero-order chi connectivity index (χ0) is 25.4. The lowest BCUT2D eigenvalue weighted by molar-refractivity contribution is -0.123. The minimum absolute atomic E-state index is 0.0151. The Labute approximate surface area is 220 Å². The van der Waals surface area contributed by atoms with Crippen LogP contribution in [-0.2, 0) is 4.79 Å². The number of rotatable bonds is 24. The number of unbranched alkanes of at least 4 members (excludes halogenated alkanes) is 13. The first kappa shape index (κ1) is 31.7. The molecule has 0 saturated carbocycles. The third-order valence-electron chi connectivity index (χ3n) is 6.54. The number of amides is 1. The number of thioether (sulfide) groups is 1. The van der Waals surface area contributed by atoms with Crippen LogP contribution in [0, 0.1) is 0 Å². The number of aromatic hydroxyl groups is 1. The molecule has 0 aliphatic carbocycles. The molecule has 0 saturated heterocycles. The van der Waals surface area contributed by atoms with Crippen LogP contribution in [0.25, 0.3) is 0 Å². The van der Waals surface area contributed by atoms with Crippen LogP contribution in [0.5, 0.6) is 11.5 Å². The molecule has 1 aromatic rings. The molecule has 2 N–H and O–H groups in total. The van der Waals surface area contributed by atoms with Crippen molar-refractivity contribution in [2.45, 2.75) is 128 Å². The molecule has 202 valence electrons. The van der Waals surface area contributed by atoms with Crippen molar-refractivity contribution in [1.82, 2.24) is 5.32 Å². The third kappa shape index (κ3) is 19.5. The van der Waals surface area contributed by atoms with Crippen LogP contribution in [0.15, 0.2) is 24.3 Å². The summed E-state index contributed by atoms with van der Waals surface area (Å²) in [5.41, 5.74) is 0. The molecular weight excluding hydrogens is 454 g/mol. The fraction of sp³-hybridized carbons (Fsp3) is 0.767. The molecule has 4 nitrogen and oxygen atoms in total. The van der Waals surface area contributed by atoms with Gasteiger partial charge < -0.3 is 15.2 Å². The van der Waals surface area contributed by atoms with Crippen molar-refractivity contribution in [3.63, 3.8) is 0 Å². The Morgan fingerprint density at radius 2 is 1.40 bits per heavy atom. The van der Waals surface area contributed by atoms with Crippen molar-refractivity contribution in [2.24, 2.45) is 0 Å². The van der Waals surface area contributed by atoms with E-state index in [9.17, 15) is 9.90 Å². The third-order valence-corrected chi connectivity index (χ3v) is 8.10. The molecule has 0 aromatic heterocycles. The minimum atomic E-state index is -0.0938. The highest BCUT2D eigenvalue weighted by molar-refractivity contribution is 7.99. The van der Waals surface area contributed by atoms with Crippen molar-refractivity contribution in [2.75, 3.05) is 18.9 Å². The Morgan fingerprint density at radius 1 is 0.829 bits per heavy atom. The first-order chi connectivity index (χ1) is 17.2. The summed E-state index contributed by atoms with van der Waals surface area (Å²) in [7, 11) is 0. The van der Waals surface area contributed by atoms with E-state index in [0.29, 0.717) is 12.3 Å². The van der Waals surface area contributed by atoms with Gasteiger partial charge in [0, 0.05) is 11.8 Å². The lowest BCUT2D eigenvalue weighted by Gasteiger charge is -2.14. The maximum atomic E-state index is 11.8. The lowest BCUT2D eigenvalue weighted by atomic mass is 10.1.